The molecule has 0 radical (unpaired) electrons. The van der Waals surface area contributed by atoms with Crippen LogP contribution < -0.4 is 10.6 Å². The van der Waals surface area contributed by atoms with Crippen molar-refractivity contribution in [2.24, 2.45) is 0 Å². The predicted octanol–water partition coefficient (Wildman–Crippen LogP) is 3.26. The molecule has 2 aromatic carbocycles. The van der Waals surface area contributed by atoms with Gasteiger partial charge in [-0.3, -0.25) is 9.59 Å². The normalized spacial score (nSPS) is 10.0. The van der Waals surface area contributed by atoms with Gasteiger partial charge in [-0.15, -0.1) is 0 Å². The molecule has 21 heavy (non-hydrogen) atoms. The minimum atomic E-state index is -0.470. The van der Waals surface area contributed by atoms with Crippen LogP contribution in [0, 0.1) is 0 Å². The van der Waals surface area contributed by atoms with E-state index in [2.05, 4.69) is 10.6 Å². The van der Waals surface area contributed by atoms with Crippen LogP contribution in [0.4, 0.5) is 11.4 Å². The molecule has 0 unspecified atom stereocenters. The number of phenols is 1. The molecule has 0 saturated heterocycles. The molecule has 5 nitrogen and oxygen atoms in total. The molecule has 0 aliphatic rings. The maximum Gasteiger partial charge on any atom is 0.259 e. The standard InChI is InChI=1S/C15H13ClN2O3/c1-9(19)17-11-3-5-12(6-4-11)18-15(21)13-8-10(16)2-7-14(13)20/h2-8,20H,1H3,(H,17,19)(H,18,21). The molecule has 2 rings (SSSR count). The van der Waals surface area contributed by atoms with E-state index in [1.54, 1.807) is 24.3 Å². The van der Waals surface area contributed by atoms with Gasteiger partial charge in [-0.05, 0) is 42.5 Å². The molecule has 2 amide bonds. The molecule has 0 bridgehead atoms. The average molecular weight is 305 g/mol. The molecule has 0 atom stereocenters. The van der Waals surface area contributed by atoms with Crippen molar-refractivity contribution in [2.75, 3.05) is 10.6 Å². The lowest BCUT2D eigenvalue weighted by Gasteiger charge is -2.08. The van der Waals surface area contributed by atoms with Gasteiger partial charge in [-0.1, -0.05) is 11.6 Å². The second-order valence-electron chi connectivity index (χ2n) is 4.37. The molecule has 0 heterocycles. The van der Waals surface area contributed by atoms with E-state index in [1.807, 2.05) is 0 Å². The summed E-state index contributed by atoms with van der Waals surface area (Å²) in [7, 11) is 0. The zero-order chi connectivity index (χ0) is 15.4. The minimum Gasteiger partial charge on any atom is -0.507 e. The number of rotatable bonds is 3. The number of amides is 2. The fourth-order valence-corrected chi connectivity index (χ4v) is 1.90. The first-order valence-electron chi connectivity index (χ1n) is 6.13. The molecule has 0 fully saturated rings. The summed E-state index contributed by atoms with van der Waals surface area (Å²) in [5.74, 6) is -0.787. The van der Waals surface area contributed by atoms with E-state index in [0.717, 1.165) is 0 Å². The van der Waals surface area contributed by atoms with E-state index in [-0.39, 0.29) is 17.2 Å². The second-order valence-corrected chi connectivity index (χ2v) is 4.81. The second kappa shape index (κ2) is 6.28. The third-order valence-electron chi connectivity index (χ3n) is 2.67. The molecular weight excluding hydrogens is 292 g/mol. The number of nitrogens with one attached hydrogen (secondary N) is 2. The number of halogens is 1. The van der Waals surface area contributed by atoms with Gasteiger partial charge >= 0.3 is 0 Å². The number of anilines is 2. The Morgan fingerprint density at radius 1 is 1.00 bits per heavy atom. The highest BCUT2D eigenvalue weighted by Gasteiger charge is 2.12. The molecule has 108 valence electrons. The van der Waals surface area contributed by atoms with Gasteiger partial charge in [0.25, 0.3) is 5.91 Å². The van der Waals surface area contributed by atoms with Crippen LogP contribution in [-0.2, 0) is 4.79 Å². The van der Waals surface area contributed by atoms with Crippen molar-refractivity contribution in [3.8, 4) is 5.75 Å². The average Bonchev–Trinajstić information content (AvgIpc) is 2.43. The number of phenolic OH excluding ortho intramolecular Hbond substituents is 1. The summed E-state index contributed by atoms with van der Waals surface area (Å²) in [5, 5.41) is 15.3. The Labute approximate surface area is 126 Å². The lowest BCUT2D eigenvalue weighted by molar-refractivity contribution is -0.114. The predicted molar refractivity (Wildman–Crippen MR) is 81.8 cm³/mol. The number of hydrogen-bond donors (Lipinski definition) is 3. The SMILES string of the molecule is CC(=O)Nc1ccc(NC(=O)c2cc(Cl)ccc2O)cc1. The monoisotopic (exact) mass is 304 g/mol. The Bertz CT molecular complexity index is 684. The van der Waals surface area contributed by atoms with Gasteiger partial charge in [0.05, 0.1) is 5.56 Å². The topological polar surface area (TPSA) is 78.4 Å². The molecule has 2 aromatic rings. The van der Waals surface area contributed by atoms with E-state index in [4.69, 9.17) is 11.6 Å². The summed E-state index contributed by atoms with van der Waals surface area (Å²) in [6.07, 6.45) is 0. The first-order valence-corrected chi connectivity index (χ1v) is 6.51. The van der Waals surface area contributed by atoms with Gasteiger partial charge in [0.15, 0.2) is 0 Å². The van der Waals surface area contributed by atoms with Gasteiger partial charge in [0.1, 0.15) is 5.75 Å². The Hall–Kier alpha value is -2.53. The van der Waals surface area contributed by atoms with Crippen molar-refractivity contribution in [3.05, 3.63) is 53.1 Å². The van der Waals surface area contributed by atoms with Crippen molar-refractivity contribution in [2.45, 2.75) is 6.92 Å². The molecule has 0 aromatic heterocycles. The van der Waals surface area contributed by atoms with Gasteiger partial charge < -0.3 is 15.7 Å². The van der Waals surface area contributed by atoms with Crippen LogP contribution in [-0.4, -0.2) is 16.9 Å². The molecule has 3 N–H and O–H groups in total. The van der Waals surface area contributed by atoms with Crippen molar-refractivity contribution < 1.29 is 14.7 Å². The van der Waals surface area contributed by atoms with Gasteiger partial charge in [-0.2, -0.15) is 0 Å². The molecule has 0 spiro atoms. The van der Waals surface area contributed by atoms with Crippen LogP contribution in [0.15, 0.2) is 42.5 Å². The highest BCUT2D eigenvalue weighted by Crippen LogP contribution is 2.23. The number of carbonyl (C=O) groups excluding carboxylic acids is 2. The molecule has 6 heteroatoms. The van der Waals surface area contributed by atoms with E-state index in [1.165, 1.54) is 25.1 Å². The molecule has 0 saturated carbocycles. The lowest BCUT2D eigenvalue weighted by Crippen LogP contribution is -2.12. The van der Waals surface area contributed by atoms with Gasteiger partial charge in [0.2, 0.25) is 5.91 Å². The third-order valence-corrected chi connectivity index (χ3v) is 2.90. The van der Waals surface area contributed by atoms with Crippen LogP contribution in [0.3, 0.4) is 0 Å². The Morgan fingerprint density at radius 2 is 1.57 bits per heavy atom. The maximum atomic E-state index is 12.1. The van der Waals surface area contributed by atoms with E-state index in [0.29, 0.717) is 16.4 Å². The van der Waals surface area contributed by atoms with Crippen molar-refractivity contribution in [1.82, 2.24) is 0 Å². The van der Waals surface area contributed by atoms with Crippen LogP contribution in [0.2, 0.25) is 5.02 Å². The van der Waals surface area contributed by atoms with Gasteiger partial charge in [0, 0.05) is 23.3 Å². The summed E-state index contributed by atoms with van der Waals surface area (Å²) >= 11 is 5.80. The van der Waals surface area contributed by atoms with Crippen molar-refractivity contribution in [1.29, 1.82) is 0 Å². The number of aromatic hydroxyl groups is 1. The molecular formula is C15H13ClN2O3. The van der Waals surface area contributed by atoms with E-state index < -0.39 is 5.91 Å². The highest BCUT2D eigenvalue weighted by atomic mass is 35.5. The van der Waals surface area contributed by atoms with E-state index >= 15 is 0 Å². The fourth-order valence-electron chi connectivity index (χ4n) is 1.73. The Balaban J connectivity index is 2.12. The summed E-state index contributed by atoms with van der Waals surface area (Å²) in [4.78, 5) is 23.0. The maximum absolute atomic E-state index is 12.1. The Morgan fingerprint density at radius 3 is 2.14 bits per heavy atom. The summed E-state index contributed by atoms with van der Waals surface area (Å²) in [6, 6.07) is 10.9. The summed E-state index contributed by atoms with van der Waals surface area (Å²) in [6.45, 7) is 1.41. The number of hydrogen-bond acceptors (Lipinski definition) is 3. The summed E-state index contributed by atoms with van der Waals surface area (Å²) < 4.78 is 0. The van der Waals surface area contributed by atoms with Crippen LogP contribution in [0.5, 0.6) is 5.75 Å². The quantitative estimate of drug-likeness (QED) is 0.814. The largest absolute Gasteiger partial charge is 0.507 e. The molecule has 0 aliphatic heterocycles. The third kappa shape index (κ3) is 3.97. The highest BCUT2D eigenvalue weighted by molar-refractivity contribution is 6.31. The Kier molecular flexibility index (Phi) is 4.45. The van der Waals surface area contributed by atoms with Crippen molar-refractivity contribution >= 4 is 34.8 Å². The van der Waals surface area contributed by atoms with Crippen LogP contribution >= 0.6 is 11.6 Å². The minimum absolute atomic E-state index is 0.0911. The van der Waals surface area contributed by atoms with E-state index in [9.17, 15) is 14.7 Å². The molecule has 0 aliphatic carbocycles. The summed E-state index contributed by atoms with van der Waals surface area (Å²) in [5.41, 5.74) is 1.26. The number of benzene rings is 2. The van der Waals surface area contributed by atoms with Gasteiger partial charge in [-0.25, -0.2) is 0 Å². The first-order chi connectivity index (χ1) is 9.95. The zero-order valence-corrected chi connectivity index (χ0v) is 11.9. The van der Waals surface area contributed by atoms with Crippen molar-refractivity contribution in [3.63, 3.8) is 0 Å². The zero-order valence-electron chi connectivity index (χ0n) is 11.2. The van der Waals surface area contributed by atoms with Crippen LogP contribution in [0.25, 0.3) is 0 Å². The number of carbonyl (C=O) groups is 2. The fraction of sp³-hybridized carbons (Fsp3) is 0.0667. The first kappa shape index (κ1) is 14.9. The smallest absolute Gasteiger partial charge is 0.259 e. The lowest BCUT2D eigenvalue weighted by atomic mass is 10.2. The van der Waals surface area contributed by atoms with Crippen LogP contribution in [0.1, 0.15) is 17.3 Å².